The van der Waals surface area contributed by atoms with Gasteiger partial charge < -0.3 is 65.2 Å². The monoisotopic (exact) mass is 1410 g/mol. The van der Waals surface area contributed by atoms with Crippen molar-refractivity contribution in [2.75, 3.05) is 95.3 Å². The zero-order valence-corrected chi connectivity index (χ0v) is 61.2. The minimum Gasteiger partial charge on any atom is -0.379 e. The molecule has 2 aromatic carbocycles. The quantitative estimate of drug-likeness (QED) is 0.160. The number of benzene rings is 2. The summed E-state index contributed by atoms with van der Waals surface area (Å²) in [5.41, 5.74) is -0.0256. The molecule has 29 heteroatoms. The van der Waals surface area contributed by atoms with Gasteiger partial charge in [0.05, 0.1) is 38.2 Å². The van der Waals surface area contributed by atoms with Crippen molar-refractivity contribution >= 4 is 82.5 Å². The normalized spacial score (nSPS) is 23.7. The third kappa shape index (κ3) is 25.1. The SMILES string of the molecule is CC[C@H](C)[C@@H]1NC(=O)[C@H](C)N(C)C(=O)C[C@@H](C(=O)N2CCCC2)NC(=O)[C@H](CC(C)C)N(C)C(=O)[C@H](COCCC(C)C)N(C)C(=O)[C@H](CC(C)C)NC(=O)[C@@H](CCc2ccc(C(F)(F)F)cc2)NC(=O)CN(C)C(=O)[C@H](Cc2ccc(Cl)cc2)N(C)C(=O)CN(C)C(=O)CN(C)C1=O. The molecule has 0 radical (unpaired) electrons. The summed E-state index contributed by atoms with van der Waals surface area (Å²) in [4.78, 5) is 184. The Bertz CT molecular complexity index is 3120. The molecular formula is C70H106ClF3N12O13. The molecule has 552 valence electrons. The first kappa shape index (κ1) is 83.5. The summed E-state index contributed by atoms with van der Waals surface area (Å²) in [6.07, 6.45) is -3.49. The molecule has 0 aromatic heterocycles. The summed E-state index contributed by atoms with van der Waals surface area (Å²) >= 11 is 6.22. The molecule has 4 N–H and O–H groups in total. The number of alkyl halides is 3. The van der Waals surface area contributed by atoms with Crippen LogP contribution in [-0.4, -0.2) is 254 Å². The minimum atomic E-state index is -4.65. The van der Waals surface area contributed by atoms with Crippen molar-refractivity contribution in [3.05, 3.63) is 70.2 Å². The molecule has 2 heterocycles. The van der Waals surface area contributed by atoms with Crippen molar-refractivity contribution < 1.29 is 75.4 Å². The highest BCUT2D eigenvalue weighted by Gasteiger charge is 2.42. The van der Waals surface area contributed by atoms with Crippen LogP contribution in [0.1, 0.15) is 130 Å². The first-order chi connectivity index (χ1) is 46.3. The molecule has 99 heavy (non-hydrogen) atoms. The van der Waals surface area contributed by atoms with Gasteiger partial charge in [-0.25, -0.2) is 0 Å². The van der Waals surface area contributed by atoms with Gasteiger partial charge in [0.25, 0.3) is 0 Å². The number of amides is 12. The molecule has 0 saturated carbocycles. The number of halogens is 4. The average molecular weight is 1420 g/mol. The van der Waals surface area contributed by atoms with E-state index >= 15 is 9.59 Å². The second kappa shape index (κ2) is 38.6. The molecule has 0 unspecified atom stereocenters. The number of carbonyl (C=O) groups excluding carboxylic acids is 12. The van der Waals surface area contributed by atoms with Gasteiger partial charge in [0, 0.05) is 80.5 Å². The summed E-state index contributed by atoms with van der Waals surface area (Å²) in [6, 6.07) is -0.430. The van der Waals surface area contributed by atoms with Crippen LogP contribution in [0.15, 0.2) is 48.5 Å². The zero-order chi connectivity index (χ0) is 74.5. The second-order valence-electron chi connectivity index (χ2n) is 27.7. The fourth-order valence-electron chi connectivity index (χ4n) is 11.5. The number of likely N-dealkylation sites (N-methyl/N-ethyl adjacent to an activating group) is 7. The second-order valence-corrected chi connectivity index (χ2v) is 28.1. The van der Waals surface area contributed by atoms with E-state index in [-0.39, 0.29) is 63.1 Å². The maximum absolute atomic E-state index is 15.3. The molecule has 0 spiro atoms. The molecule has 0 aliphatic carbocycles. The molecule has 2 fully saturated rings. The number of rotatable bonds is 17. The molecule has 4 rings (SSSR count). The fourth-order valence-corrected chi connectivity index (χ4v) is 11.6. The Balaban J connectivity index is 1.91. The van der Waals surface area contributed by atoms with E-state index in [2.05, 4.69) is 21.3 Å². The number of nitrogens with one attached hydrogen (secondary N) is 4. The van der Waals surface area contributed by atoms with Crippen molar-refractivity contribution in [2.24, 2.45) is 23.7 Å². The highest BCUT2D eigenvalue weighted by atomic mass is 35.5. The fraction of sp³-hybridized carbons (Fsp3) is 0.657. The van der Waals surface area contributed by atoms with Crippen LogP contribution in [0.5, 0.6) is 0 Å². The maximum atomic E-state index is 15.3. The number of carbonyl (C=O) groups is 12. The van der Waals surface area contributed by atoms with Gasteiger partial charge in [-0.3, -0.25) is 57.5 Å². The molecular weight excluding hydrogens is 1310 g/mol. The van der Waals surface area contributed by atoms with Crippen LogP contribution in [-0.2, 0) is 81.3 Å². The smallest absolute Gasteiger partial charge is 0.379 e. The standard InChI is InChI=1S/C70H106ClF3N12O13/c1-17-45(8)61-69(98)81(12)39-59(89)79(10)40-60(90)83(14)55(36-48-22-27-50(71)28-23-48)67(96)80(11)38-57(87)75-51(29-24-47-20-25-49(26-21-47)70(72,73)74)63(92)76-52(34-43(4)5)65(94)85(16)56(41-99-33-30-42(2)3)68(97)84(15)54(35-44(6)7)64(93)77-53(66(95)86-31-18-19-32-86)37-58(88)82(13)46(9)62(91)78-61/h20-23,25-28,42-46,51-56,61H,17-19,24,29-41H2,1-16H3,(H,75,87)(H,76,92)(H,77,93)(H,78,91)/t45-,46-,51+,52-,53-,54-,55-,56-,61-/m0/s1. The van der Waals surface area contributed by atoms with Gasteiger partial charge in [-0.05, 0) is 111 Å². The molecule has 0 bridgehead atoms. The van der Waals surface area contributed by atoms with Gasteiger partial charge in [-0.2, -0.15) is 13.2 Å². The van der Waals surface area contributed by atoms with E-state index in [9.17, 15) is 61.1 Å². The van der Waals surface area contributed by atoms with Crippen LogP contribution >= 0.6 is 11.6 Å². The Morgan fingerprint density at radius 2 is 1.14 bits per heavy atom. The number of hydrogen-bond donors (Lipinski definition) is 4. The predicted octanol–water partition coefficient (Wildman–Crippen LogP) is 4.40. The number of nitrogens with zero attached hydrogens (tertiary/aromatic N) is 8. The Morgan fingerprint density at radius 3 is 1.71 bits per heavy atom. The summed E-state index contributed by atoms with van der Waals surface area (Å²) in [6.45, 7) is 14.6. The maximum Gasteiger partial charge on any atom is 0.416 e. The third-order valence-corrected chi connectivity index (χ3v) is 18.6. The average Bonchev–Trinajstić information content (AvgIpc) is 1.53. The lowest BCUT2D eigenvalue weighted by Gasteiger charge is -2.37. The lowest BCUT2D eigenvalue weighted by molar-refractivity contribution is -0.152. The molecule has 2 aliphatic rings. The third-order valence-electron chi connectivity index (χ3n) is 18.3. The molecule has 2 aliphatic heterocycles. The van der Waals surface area contributed by atoms with E-state index in [4.69, 9.17) is 16.3 Å². The lowest BCUT2D eigenvalue weighted by Crippen LogP contribution is -2.61. The van der Waals surface area contributed by atoms with E-state index in [1.807, 2.05) is 27.7 Å². The number of aryl methyl sites for hydroxylation is 1. The van der Waals surface area contributed by atoms with Crippen molar-refractivity contribution in [2.45, 2.75) is 181 Å². The van der Waals surface area contributed by atoms with Crippen molar-refractivity contribution in [3.63, 3.8) is 0 Å². The molecule has 2 saturated heterocycles. The number of likely N-dealkylation sites (tertiary alicyclic amines) is 1. The summed E-state index contributed by atoms with van der Waals surface area (Å²) < 4.78 is 47.2. The van der Waals surface area contributed by atoms with Crippen molar-refractivity contribution in [1.29, 1.82) is 0 Å². The first-order valence-corrected chi connectivity index (χ1v) is 34.4. The van der Waals surface area contributed by atoms with E-state index in [1.54, 1.807) is 52.0 Å². The van der Waals surface area contributed by atoms with E-state index < -0.39 is 163 Å². The van der Waals surface area contributed by atoms with E-state index in [0.717, 1.165) is 46.4 Å². The summed E-state index contributed by atoms with van der Waals surface area (Å²) in [5.74, 6) is -10.0. The van der Waals surface area contributed by atoms with Gasteiger partial charge in [0.15, 0.2) is 0 Å². The minimum absolute atomic E-state index is 0.0226. The van der Waals surface area contributed by atoms with Crippen molar-refractivity contribution in [1.82, 2.24) is 60.5 Å². The van der Waals surface area contributed by atoms with Crippen LogP contribution < -0.4 is 21.3 Å². The van der Waals surface area contributed by atoms with Gasteiger partial charge in [0.2, 0.25) is 70.9 Å². The van der Waals surface area contributed by atoms with Gasteiger partial charge in [-0.15, -0.1) is 0 Å². The van der Waals surface area contributed by atoms with Crippen LogP contribution in [0.4, 0.5) is 13.2 Å². The predicted molar refractivity (Wildman–Crippen MR) is 367 cm³/mol. The Labute approximate surface area is 586 Å². The summed E-state index contributed by atoms with van der Waals surface area (Å²) in [5, 5.41) is 11.3. The van der Waals surface area contributed by atoms with Crippen LogP contribution in [0.25, 0.3) is 0 Å². The van der Waals surface area contributed by atoms with E-state index in [0.29, 0.717) is 54.9 Å². The zero-order valence-electron chi connectivity index (χ0n) is 60.5. The number of ether oxygens (including phenoxy) is 1. The van der Waals surface area contributed by atoms with Crippen LogP contribution in [0.2, 0.25) is 5.02 Å². The Hall–Kier alpha value is -7.88. The van der Waals surface area contributed by atoms with E-state index in [1.165, 1.54) is 73.3 Å². The molecule has 25 nitrogen and oxygen atoms in total. The number of hydrogen-bond acceptors (Lipinski definition) is 13. The van der Waals surface area contributed by atoms with Gasteiger partial charge >= 0.3 is 6.18 Å². The lowest BCUT2D eigenvalue weighted by atomic mass is 9.97. The highest BCUT2D eigenvalue weighted by molar-refractivity contribution is 6.30. The van der Waals surface area contributed by atoms with Crippen LogP contribution in [0.3, 0.4) is 0 Å². The molecule has 12 amide bonds. The van der Waals surface area contributed by atoms with Crippen LogP contribution in [0, 0.1) is 23.7 Å². The Kier molecular flexibility index (Phi) is 32.6. The van der Waals surface area contributed by atoms with Gasteiger partial charge in [0.1, 0.15) is 48.3 Å². The topological polar surface area (TPSA) is 288 Å². The molecule has 2 aromatic rings. The summed E-state index contributed by atoms with van der Waals surface area (Å²) in [7, 11) is 9.33. The van der Waals surface area contributed by atoms with Gasteiger partial charge in [-0.1, -0.05) is 97.7 Å². The van der Waals surface area contributed by atoms with Crippen molar-refractivity contribution in [3.8, 4) is 0 Å². The molecule has 9 atom stereocenters. The largest absolute Gasteiger partial charge is 0.416 e. The first-order valence-electron chi connectivity index (χ1n) is 34.0. The Morgan fingerprint density at radius 1 is 0.576 bits per heavy atom. The highest BCUT2D eigenvalue weighted by Crippen LogP contribution is 2.30.